The quantitative estimate of drug-likeness (QED) is 0.902. The molecule has 0 spiro atoms. The Morgan fingerprint density at radius 1 is 1.21 bits per heavy atom. The third-order valence-electron chi connectivity index (χ3n) is 3.61. The lowest BCUT2D eigenvalue weighted by Gasteiger charge is -2.25. The number of hydrogen-bond donors (Lipinski definition) is 1. The number of rotatable bonds is 2. The molecule has 0 aromatic carbocycles. The van der Waals surface area contributed by atoms with Crippen LogP contribution in [0.25, 0.3) is 0 Å². The van der Waals surface area contributed by atoms with Crippen LogP contribution in [0.1, 0.15) is 31.7 Å². The van der Waals surface area contributed by atoms with E-state index in [0.29, 0.717) is 4.75 Å². The highest BCUT2D eigenvalue weighted by Crippen LogP contribution is 2.33. The summed E-state index contributed by atoms with van der Waals surface area (Å²) in [5.74, 6) is 4.03. The van der Waals surface area contributed by atoms with Crippen LogP contribution in [0.3, 0.4) is 0 Å². The highest BCUT2D eigenvalue weighted by molar-refractivity contribution is 8.00. The first-order valence-electron chi connectivity index (χ1n) is 6.85. The molecule has 0 unspecified atom stereocenters. The van der Waals surface area contributed by atoms with E-state index in [9.17, 15) is 0 Å². The fourth-order valence-electron chi connectivity index (χ4n) is 2.40. The van der Waals surface area contributed by atoms with E-state index in [4.69, 9.17) is 0 Å². The number of aromatic nitrogens is 2. The normalized spacial score (nSPS) is 19.1. The van der Waals surface area contributed by atoms with Gasteiger partial charge in [-0.15, -0.1) is 0 Å². The van der Waals surface area contributed by atoms with Crippen molar-refractivity contribution in [3.63, 3.8) is 0 Å². The second-order valence-electron chi connectivity index (χ2n) is 5.66. The Labute approximate surface area is 120 Å². The molecule has 1 N–H and O–H groups in total. The molecule has 1 aliphatic rings. The maximum absolute atomic E-state index is 4.66. The van der Waals surface area contributed by atoms with Crippen LogP contribution >= 0.6 is 11.8 Å². The maximum atomic E-state index is 4.66. The number of thioether (sulfide) groups is 1. The van der Waals surface area contributed by atoms with E-state index in [1.807, 2.05) is 14.0 Å². The molecule has 1 fully saturated rings. The van der Waals surface area contributed by atoms with Gasteiger partial charge < -0.3 is 10.2 Å². The van der Waals surface area contributed by atoms with Crippen LogP contribution < -0.4 is 10.2 Å². The fourth-order valence-corrected chi connectivity index (χ4v) is 3.50. The standard InChI is InChI=1S/C14H24N4S/c1-10-12(15-5)16-11(2)17-13(10)18-7-6-14(3,4)19-9-8-18/h6-9H2,1-5H3,(H,15,16,17). The predicted octanol–water partition coefficient (Wildman–Crippen LogP) is 2.86. The molecule has 0 amide bonds. The molecule has 0 bridgehead atoms. The van der Waals surface area contributed by atoms with Crippen molar-refractivity contribution in [2.75, 3.05) is 36.1 Å². The lowest BCUT2D eigenvalue weighted by molar-refractivity contribution is 0.633. The molecule has 2 heterocycles. The maximum Gasteiger partial charge on any atom is 0.137 e. The van der Waals surface area contributed by atoms with Gasteiger partial charge in [-0.25, -0.2) is 9.97 Å². The van der Waals surface area contributed by atoms with Crippen molar-refractivity contribution in [1.29, 1.82) is 0 Å². The van der Waals surface area contributed by atoms with Gasteiger partial charge in [-0.3, -0.25) is 0 Å². The molecule has 1 aliphatic heterocycles. The molecule has 2 rings (SSSR count). The summed E-state index contributed by atoms with van der Waals surface area (Å²) < 4.78 is 0.372. The molecular weight excluding hydrogens is 256 g/mol. The van der Waals surface area contributed by atoms with Crippen molar-refractivity contribution in [3.05, 3.63) is 11.4 Å². The average molecular weight is 280 g/mol. The van der Waals surface area contributed by atoms with Crippen molar-refractivity contribution < 1.29 is 0 Å². The van der Waals surface area contributed by atoms with Gasteiger partial charge >= 0.3 is 0 Å². The zero-order valence-electron chi connectivity index (χ0n) is 12.6. The first kappa shape index (κ1) is 14.4. The summed E-state index contributed by atoms with van der Waals surface area (Å²) in [5, 5.41) is 3.16. The van der Waals surface area contributed by atoms with E-state index in [2.05, 4.69) is 52.7 Å². The van der Waals surface area contributed by atoms with Gasteiger partial charge in [-0.1, -0.05) is 13.8 Å². The molecule has 19 heavy (non-hydrogen) atoms. The van der Waals surface area contributed by atoms with E-state index in [1.165, 1.54) is 6.42 Å². The number of aryl methyl sites for hydroxylation is 1. The SMILES string of the molecule is CNc1nc(C)nc(N2CCSC(C)(C)CC2)c1C. The summed E-state index contributed by atoms with van der Waals surface area (Å²) in [6.45, 7) is 10.9. The lowest BCUT2D eigenvalue weighted by atomic mass is 10.1. The van der Waals surface area contributed by atoms with Crippen LogP contribution in [0, 0.1) is 13.8 Å². The van der Waals surface area contributed by atoms with Crippen molar-refractivity contribution >= 4 is 23.4 Å². The molecule has 0 atom stereocenters. The predicted molar refractivity (Wildman–Crippen MR) is 84.4 cm³/mol. The van der Waals surface area contributed by atoms with Crippen LogP contribution in [0.15, 0.2) is 0 Å². The van der Waals surface area contributed by atoms with Gasteiger partial charge in [0.05, 0.1) is 0 Å². The van der Waals surface area contributed by atoms with Crippen molar-refractivity contribution in [2.45, 2.75) is 38.9 Å². The highest BCUT2D eigenvalue weighted by Gasteiger charge is 2.25. The molecule has 106 valence electrons. The first-order chi connectivity index (χ1) is 8.93. The van der Waals surface area contributed by atoms with Gasteiger partial charge in [-0.05, 0) is 20.3 Å². The Balaban J connectivity index is 2.29. The summed E-state index contributed by atoms with van der Waals surface area (Å²) >= 11 is 2.06. The van der Waals surface area contributed by atoms with Gasteiger partial charge in [-0.2, -0.15) is 11.8 Å². The van der Waals surface area contributed by atoms with E-state index in [1.54, 1.807) is 0 Å². The third-order valence-corrected chi connectivity index (χ3v) is 4.98. The third kappa shape index (κ3) is 3.32. The van der Waals surface area contributed by atoms with Gasteiger partial charge in [0.25, 0.3) is 0 Å². The zero-order valence-corrected chi connectivity index (χ0v) is 13.4. The van der Waals surface area contributed by atoms with Crippen molar-refractivity contribution in [2.24, 2.45) is 0 Å². The molecule has 0 saturated carbocycles. The van der Waals surface area contributed by atoms with Crippen LogP contribution in [0.4, 0.5) is 11.6 Å². The van der Waals surface area contributed by atoms with E-state index < -0.39 is 0 Å². The summed E-state index contributed by atoms with van der Waals surface area (Å²) in [6, 6.07) is 0. The largest absolute Gasteiger partial charge is 0.373 e. The molecule has 4 nitrogen and oxygen atoms in total. The molecule has 1 aromatic rings. The molecule has 0 radical (unpaired) electrons. The smallest absolute Gasteiger partial charge is 0.137 e. The molecular formula is C14H24N4S. The Morgan fingerprint density at radius 2 is 1.95 bits per heavy atom. The van der Waals surface area contributed by atoms with Crippen molar-refractivity contribution in [1.82, 2.24) is 9.97 Å². The van der Waals surface area contributed by atoms with Gasteiger partial charge in [0.15, 0.2) is 0 Å². The Hall–Kier alpha value is -0.970. The fraction of sp³-hybridized carbons (Fsp3) is 0.714. The molecule has 1 aromatic heterocycles. The number of anilines is 2. The van der Waals surface area contributed by atoms with E-state index >= 15 is 0 Å². The Kier molecular flexibility index (Phi) is 4.23. The minimum absolute atomic E-state index is 0.372. The van der Waals surface area contributed by atoms with Crippen LogP contribution in [0.5, 0.6) is 0 Å². The van der Waals surface area contributed by atoms with Gasteiger partial charge in [0.2, 0.25) is 0 Å². The summed E-state index contributed by atoms with van der Waals surface area (Å²) in [6.07, 6.45) is 1.19. The van der Waals surface area contributed by atoms with E-state index in [-0.39, 0.29) is 0 Å². The topological polar surface area (TPSA) is 41.1 Å². The van der Waals surface area contributed by atoms with Crippen LogP contribution in [-0.2, 0) is 0 Å². The summed E-state index contributed by atoms with van der Waals surface area (Å²) in [5.41, 5.74) is 1.15. The molecule has 1 saturated heterocycles. The van der Waals surface area contributed by atoms with Gasteiger partial charge in [0, 0.05) is 36.2 Å². The Morgan fingerprint density at radius 3 is 2.63 bits per heavy atom. The highest BCUT2D eigenvalue weighted by atomic mass is 32.2. The number of nitrogens with zero attached hydrogens (tertiary/aromatic N) is 3. The van der Waals surface area contributed by atoms with Crippen LogP contribution in [0.2, 0.25) is 0 Å². The average Bonchev–Trinajstić information content (AvgIpc) is 2.53. The Bertz CT molecular complexity index is 459. The zero-order chi connectivity index (χ0) is 14.0. The molecule has 0 aliphatic carbocycles. The van der Waals surface area contributed by atoms with Crippen molar-refractivity contribution in [3.8, 4) is 0 Å². The van der Waals surface area contributed by atoms with E-state index in [0.717, 1.165) is 41.9 Å². The second-order valence-corrected chi connectivity index (χ2v) is 7.47. The number of nitrogens with one attached hydrogen (secondary N) is 1. The summed E-state index contributed by atoms with van der Waals surface area (Å²) in [7, 11) is 1.92. The number of hydrogen-bond acceptors (Lipinski definition) is 5. The second kappa shape index (κ2) is 5.57. The monoisotopic (exact) mass is 280 g/mol. The minimum Gasteiger partial charge on any atom is -0.373 e. The molecule has 5 heteroatoms. The minimum atomic E-state index is 0.372. The van der Waals surface area contributed by atoms with Crippen LogP contribution in [-0.4, -0.2) is 40.6 Å². The lowest BCUT2D eigenvalue weighted by Crippen LogP contribution is -2.29. The van der Waals surface area contributed by atoms with Gasteiger partial charge in [0.1, 0.15) is 17.5 Å². The summed E-state index contributed by atoms with van der Waals surface area (Å²) in [4.78, 5) is 11.5. The first-order valence-corrected chi connectivity index (χ1v) is 7.83.